The lowest BCUT2D eigenvalue weighted by Crippen LogP contribution is -2.19. The molecule has 0 fully saturated rings. The standard InChI is InChI=1S/C21H13F6NO/c22-20(23,24)15-7-9-16(10-8-15)28-19(29)17-11-6-14(12-18(17)21(25,26)27)13-4-2-1-3-5-13/h1-12H,(H,28,29). The van der Waals surface area contributed by atoms with Crippen molar-refractivity contribution in [2.24, 2.45) is 0 Å². The van der Waals surface area contributed by atoms with Gasteiger partial charge in [0.15, 0.2) is 0 Å². The molecule has 0 aliphatic heterocycles. The first-order valence-corrected chi connectivity index (χ1v) is 8.31. The number of carbonyl (C=O) groups is 1. The number of nitrogens with one attached hydrogen (secondary N) is 1. The molecule has 0 spiro atoms. The van der Waals surface area contributed by atoms with Crippen LogP contribution in [0, 0.1) is 0 Å². The monoisotopic (exact) mass is 409 g/mol. The molecule has 3 rings (SSSR count). The van der Waals surface area contributed by atoms with Crippen molar-refractivity contribution in [1.82, 2.24) is 0 Å². The molecule has 0 saturated carbocycles. The van der Waals surface area contributed by atoms with E-state index < -0.39 is 35.0 Å². The van der Waals surface area contributed by atoms with Gasteiger partial charge in [-0.25, -0.2) is 0 Å². The van der Waals surface area contributed by atoms with Gasteiger partial charge in [-0.05, 0) is 47.5 Å². The van der Waals surface area contributed by atoms with Crippen LogP contribution in [0.3, 0.4) is 0 Å². The molecule has 0 atom stereocenters. The molecule has 2 nitrogen and oxygen atoms in total. The highest BCUT2D eigenvalue weighted by Crippen LogP contribution is 2.35. The van der Waals surface area contributed by atoms with Crippen molar-refractivity contribution >= 4 is 11.6 Å². The molecule has 0 aromatic heterocycles. The Labute approximate surface area is 161 Å². The van der Waals surface area contributed by atoms with Gasteiger partial charge in [-0.15, -0.1) is 0 Å². The van der Waals surface area contributed by atoms with Crippen molar-refractivity contribution in [3.63, 3.8) is 0 Å². The topological polar surface area (TPSA) is 29.1 Å². The third-order valence-electron chi connectivity index (χ3n) is 4.15. The predicted molar refractivity (Wildman–Crippen MR) is 96.3 cm³/mol. The van der Waals surface area contributed by atoms with Crippen molar-refractivity contribution in [3.8, 4) is 11.1 Å². The first kappa shape index (κ1) is 20.4. The highest BCUT2D eigenvalue weighted by Gasteiger charge is 2.36. The molecule has 3 aromatic carbocycles. The minimum atomic E-state index is -4.79. The maximum Gasteiger partial charge on any atom is 0.417 e. The molecular formula is C21H13F6NO. The van der Waals surface area contributed by atoms with Crippen molar-refractivity contribution in [1.29, 1.82) is 0 Å². The van der Waals surface area contributed by atoms with E-state index in [1.807, 2.05) is 0 Å². The zero-order valence-electron chi connectivity index (χ0n) is 14.6. The summed E-state index contributed by atoms with van der Waals surface area (Å²) in [6.45, 7) is 0. The third kappa shape index (κ3) is 4.77. The summed E-state index contributed by atoms with van der Waals surface area (Å²) in [5.74, 6) is -1.07. The van der Waals surface area contributed by atoms with E-state index in [0.29, 0.717) is 5.56 Å². The highest BCUT2D eigenvalue weighted by atomic mass is 19.4. The fourth-order valence-electron chi connectivity index (χ4n) is 2.73. The van der Waals surface area contributed by atoms with E-state index in [1.165, 1.54) is 6.07 Å². The average Bonchev–Trinajstić information content (AvgIpc) is 2.67. The van der Waals surface area contributed by atoms with Crippen LogP contribution in [0.5, 0.6) is 0 Å². The predicted octanol–water partition coefficient (Wildman–Crippen LogP) is 6.64. The summed E-state index contributed by atoms with van der Waals surface area (Å²) >= 11 is 0. The number of hydrogen-bond acceptors (Lipinski definition) is 1. The minimum absolute atomic E-state index is 0.0525. The maximum absolute atomic E-state index is 13.5. The van der Waals surface area contributed by atoms with E-state index in [-0.39, 0.29) is 11.3 Å². The summed E-state index contributed by atoms with van der Waals surface area (Å²) in [6.07, 6.45) is -9.35. The fourth-order valence-corrected chi connectivity index (χ4v) is 2.73. The summed E-state index contributed by atoms with van der Waals surface area (Å²) in [6, 6.07) is 15.1. The number of rotatable bonds is 3. The van der Waals surface area contributed by atoms with Gasteiger partial charge in [0.25, 0.3) is 5.91 Å². The maximum atomic E-state index is 13.5. The largest absolute Gasteiger partial charge is 0.417 e. The molecule has 8 heteroatoms. The SMILES string of the molecule is O=C(Nc1ccc(C(F)(F)F)cc1)c1ccc(-c2ccccc2)cc1C(F)(F)F. The van der Waals surface area contributed by atoms with Crippen LogP contribution >= 0.6 is 0 Å². The van der Waals surface area contributed by atoms with E-state index in [9.17, 15) is 31.1 Å². The molecule has 0 heterocycles. The quantitative estimate of drug-likeness (QED) is 0.483. The van der Waals surface area contributed by atoms with Crippen LogP contribution in [0.1, 0.15) is 21.5 Å². The Morgan fingerprint density at radius 2 is 1.31 bits per heavy atom. The Morgan fingerprint density at radius 3 is 1.86 bits per heavy atom. The van der Waals surface area contributed by atoms with Crippen molar-refractivity contribution in [2.75, 3.05) is 5.32 Å². The fraction of sp³-hybridized carbons (Fsp3) is 0.0952. The van der Waals surface area contributed by atoms with Crippen LogP contribution in [-0.4, -0.2) is 5.91 Å². The summed E-state index contributed by atoms with van der Waals surface area (Å²) in [5.41, 5.74) is -1.92. The Bertz CT molecular complexity index is 1010. The van der Waals surface area contributed by atoms with Gasteiger partial charge in [-0.3, -0.25) is 4.79 Å². The number of benzene rings is 3. The van der Waals surface area contributed by atoms with E-state index >= 15 is 0 Å². The smallest absolute Gasteiger partial charge is 0.322 e. The molecule has 1 amide bonds. The van der Waals surface area contributed by atoms with Gasteiger partial charge in [0.2, 0.25) is 0 Å². The molecule has 0 bridgehead atoms. The number of anilines is 1. The molecule has 0 saturated heterocycles. The number of hydrogen-bond donors (Lipinski definition) is 1. The van der Waals surface area contributed by atoms with Gasteiger partial charge < -0.3 is 5.32 Å². The lowest BCUT2D eigenvalue weighted by atomic mass is 9.98. The molecular weight excluding hydrogens is 396 g/mol. The van der Waals surface area contributed by atoms with Gasteiger partial charge in [0.1, 0.15) is 0 Å². The summed E-state index contributed by atoms with van der Waals surface area (Å²) < 4.78 is 78.4. The molecule has 150 valence electrons. The molecule has 0 radical (unpaired) electrons. The van der Waals surface area contributed by atoms with Crippen LogP contribution in [0.4, 0.5) is 32.0 Å². The summed E-state index contributed by atoms with van der Waals surface area (Å²) in [5, 5.41) is 2.20. The third-order valence-corrected chi connectivity index (χ3v) is 4.15. The highest BCUT2D eigenvalue weighted by molar-refractivity contribution is 6.05. The summed E-state index contributed by atoms with van der Waals surface area (Å²) in [4.78, 5) is 12.4. The number of alkyl halides is 6. The molecule has 0 aliphatic rings. The van der Waals surface area contributed by atoms with Crippen molar-refractivity contribution < 1.29 is 31.1 Å². The zero-order chi connectivity index (χ0) is 21.2. The van der Waals surface area contributed by atoms with Gasteiger partial charge >= 0.3 is 12.4 Å². The van der Waals surface area contributed by atoms with Gasteiger partial charge in [0, 0.05) is 5.69 Å². The number of carbonyl (C=O) groups excluding carboxylic acids is 1. The van der Waals surface area contributed by atoms with Crippen LogP contribution in [-0.2, 0) is 12.4 Å². The van der Waals surface area contributed by atoms with E-state index in [2.05, 4.69) is 5.32 Å². The Morgan fingerprint density at radius 1 is 0.690 bits per heavy atom. The van der Waals surface area contributed by atoms with Gasteiger partial charge in [0.05, 0.1) is 16.7 Å². The molecule has 29 heavy (non-hydrogen) atoms. The van der Waals surface area contributed by atoms with Crippen LogP contribution in [0.15, 0.2) is 72.8 Å². The first-order valence-electron chi connectivity index (χ1n) is 8.31. The molecule has 0 aliphatic carbocycles. The lowest BCUT2D eigenvalue weighted by Gasteiger charge is -2.15. The van der Waals surface area contributed by atoms with Crippen molar-refractivity contribution in [2.45, 2.75) is 12.4 Å². The van der Waals surface area contributed by atoms with Gasteiger partial charge in [-0.1, -0.05) is 36.4 Å². The van der Waals surface area contributed by atoms with Crippen molar-refractivity contribution in [3.05, 3.63) is 89.5 Å². The normalized spacial score (nSPS) is 11.9. The zero-order valence-corrected chi connectivity index (χ0v) is 14.6. The van der Waals surface area contributed by atoms with E-state index in [0.717, 1.165) is 36.4 Å². The second kappa shape index (κ2) is 7.62. The second-order valence-electron chi connectivity index (χ2n) is 6.15. The minimum Gasteiger partial charge on any atom is -0.322 e. The van der Waals surface area contributed by atoms with E-state index in [1.54, 1.807) is 30.3 Å². The molecule has 3 aromatic rings. The summed E-state index contributed by atoms with van der Waals surface area (Å²) in [7, 11) is 0. The average molecular weight is 409 g/mol. The number of halogens is 6. The second-order valence-corrected chi connectivity index (χ2v) is 6.15. The van der Waals surface area contributed by atoms with Crippen LogP contribution in [0.25, 0.3) is 11.1 Å². The lowest BCUT2D eigenvalue weighted by molar-refractivity contribution is -0.138. The Hall–Kier alpha value is -3.29. The Balaban J connectivity index is 1.92. The van der Waals surface area contributed by atoms with Gasteiger partial charge in [-0.2, -0.15) is 26.3 Å². The molecule has 1 N–H and O–H groups in total. The Kier molecular flexibility index (Phi) is 5.37. The van der Waals surface area contributed by atoms with E-state index in [4.69, 9.17) is 0 Å². The van der Waals surface area contributed by atoms with Crippen LogP contribution in [0.2, 0.25) is 0 Å². The number of amides is 1. The van der Waals surface area contributed by atoms with Crippen LogP contribution < -0.4 is 5.32 Å². The first-order chi connectivity index (χ1) is 13.6. The molecule has 0 unspecified atom stereocenters.